The third kappa shape index (κ3) is 6.25. The molecule has 11 heteroatoms. The number of fused-ring (bicyclic) bond motifs is 1. The van der Waals surface area contributed by atoms with Gasteiger partial charge >= 0.3 is 6.03 Å². The smallest absolute Gasteiger partial charge is 0.325 e. The lowest BCUT2D eigenvalue weighted by atomic mass is 9.98. The zero-order valence-electron chi connectivity index (χ0n) is 18.9. The summed E-state index contributed by atoms with van der Waals surface area (Å²) in [5, 5.41) is 4.93. The molecule has 1 saturated heterocycles. The number of benzene rings is 2. The zero-order valence-corrected chi connectivity index (χ0v) is 19.7. The first-order valence-electron chi connectivity index (χ1n) is 11.1. The monoisotopic (exact) mass is 488 g/mol. The zero-order chi connectivity index (χ0) is 24.1. The van der Waals surface area contributed by atoms with Crippen molar-refractivity contribution in [2.75, 3.05) is 38.3 Å². The topological polar surface area (TPSA) is 126 Å². The summed E-state index contributed by atoms with van der Waals surface area (Å²) in [5.41, 5.74) is 1.47. The van der Waals surface area contributed by atoms with Crippen molar-refractivity contribution < 1.29 is 27.5 Å². The molecule has 1 fully saturated rings. The number of sulfonamides is 1. The minimum Gasteiger partial charge on any atom is -0.454 e. The lowest BCUT2D eigenvalue weighted by Crippen LogP contribution is -2.46. The normalized spacial score (nSPS) is 17.9. The molecule has 1 unspecified atom stereocenters. The summed E-state index contributed by atoms with van der Waals surface area (Å²) in [4.78, 5) is 26.7. The Kier molecular flexibility index (Phi) is 7.35. The third-order valence-corrected chi connectivity index (χ3v) is 7.19. The van der Waals surface area contributed by atoms with Crippen LogP contribution in [0.15, 0.2) is 47.4 Å². The van der Waals surface area contributed by atoms with Gasteiger partial charge in [-0.25, -0.2) is 17.9 Å². The summed E-state index contributed by atoms with van der Waals surface area (Å²) in [6.07, 6.45) is 1.70. The number of ether oxygens (including phenoxy) is 2. The van der Waals surface area contributed by atoms with E-state index in [-0.39, 0.29) is 24.2 Å². The van der Waals surface area contributed by atoms with E-state index in [0.29, 0.717) is 36.8 Å². The number of carbonyl (C=O) groups is 2. The molecule has 2 aromatic rings. The van der Waals surface area contributed by atoms with E-state index in [1.54, 1.807) is 42.5 Å². The van der Waals surface area contributed by atoms with Crippen molar-refractivity contribution in [1.82, 2.24) is 14.9 Å². The second kappa shape index (κ2) is 10.4. The van der Waals surface area contributed by atoms with Crippen molar-refractivity contribution in [1.29, 1.82) is 0 Å². The summed E-state index contributed by atoms with van der Waals surface area (Å²) in [6, 6.07) is 11.0. The maximum atomic E-state index is 12.5. The number of imide groups is 1. The van der Waals surface area contributed by atoms with Crippen LogP contribution in [0.5, 0.6) is 11.5 Å². The van der Waals surface area contributed by atoms with Crippen LogP contribution in [0.2, 0.25) is 0 Å². The number of hydrogen-bond donors (Lipinski definition) is 3. The van der Waals surface area contributed by atoms with Gasteiger partial charge in [-0.15, -0.1) is 0 Å². The molecular weight excluding hydrogens is 460 g/mol. The highest BCUT2D eigenvalue weighted by Gasteiger charge is 2.24. The number of piperidine rings is 1. The molecule has 0 bridgehead atoms. The van der Waals surface area contributed by atoms with Gasteiger partial charge in [0, 0.05) is 24.8 Å². The molecule has 3 amide bonds. The third-order valence-electron chi connectivity index (χ3n) is 5.75. The van der Waals surface area contributed by atoms with Gasteiger partial charge in [0.15, 0.2) is 11.5 Å². The lowest BCUT2D eigenvalue weighted by molar-refractivity contribution is -0.121. The highest BCUT2D eigenvalue weighted by molar-refractivity contribution is 7.89. The number of aryl methyl sites for hydroxylation is 1. The van der Waals surface area contributed by atoms with E-state index in [1.165, 1.54) is 0 Å². The van der Waals surface area contributed by atoms with E-state index in [2.05, 4.69) is 15.4 Å². The van der Waals surface area contributed by atoms with Gasteiger partial charge in [0.1, 0.15) is 0 Å². The van der Waals surface area contributed by atoms with Gasteiger partial charge in [0.2, 0.25) is 22.7 Å². The van der Waals surface area contributed by atoms with E-state index >= 15 is 0 Å². The standard InChI is InChI=1S/C23H28N4O6S/c1-16-4-7-19(8-5-16)34(30,31)24-12-17-3-2-10-27(13-17)14-22(28)26-23(29)25-18-6-9-20-21(11-18)33-15-32-20/h4-9,11,17,24H,2-3,10,12-15H2,1H3,(H2,25,26,28,29). The predicted octanol–water partition coefficient (Wildman–Crippen LogP) is 2.06. The van der Waals surface area contributed by atoms with Crippen LogP contribution in [0.4, 0.5) is 10.5 Å². The number of nitrogens with one attached hydrogen (secondary N) is 3. The molecule has 0 saturated carbocycles. The number of carbonyl (C=O) groups excluding carboxylic acids is 2. The van der Waals surface area contributed by atoms with Crippen LogP contribution in [0.3, 0.4) is 0 Å². The molecule has 4 rings (SSSR count). The van der Waals surface area contributed by atoms with Crippen LogP contribution >= 0.6 is 0 Å². The van der Waals surface area contributed by atoms with Gasteiger partial charge < -0.3 is 14.8 Å². The van der Waals surface area contributed by atoms with Gasteiger partial charge in [-0.1, -0.05) is 17.7 Å². The second-order valence-corrected chi connectivity index (χ2v) is 10.2. The first kappa shape index (κ1) is 24.0. The Balaban J connectivity index is 1.22. The molecule has 2 aliphatic heterocycles. The second-order valence-electron chi connectivity index (χ2n) is 8.48. The molecule has 0 spiro atoms. The van der Waals surface area contributed by atoms with Crippen molar-refractivity contribution in [3.63, 3.8) is 0 Å². The van der Waals surface area contributed by atoms with Crippen molar-refractivity contribution in [2.45, 2.75) is 24.7 Å². The lowest BCUT2D eigenvalue weighted by Gasteiger charge is -2.32. The number of rotatable bonds is 7. The largest absolute Gasteiger partial charge is 0.454 e. The first-order valence-corrected chi connectivity index (χ1v) is 12.6. The van der Waals surface area contributed by atoms with Crippen molar-refractivity contribution in [3.05, 3.63) is 48.0 Å². The Bertz CT molecular complexity index is 1150. The minimum atomic E-state index is -3.58. The fraction of sp³-hybridized carbons (Fsp3) is 0.391. The van der Waals surface area contributed by atoms with E-state index < -0.39 is 22.0 Å². The van der Waals surface area contributed by atoms with Crippen molar-refractivity contribution >= 4 is 27.6 Å². The molecule has 3 N–H and O–H groups in total. The van der Waals surface area contributed by atoms with Crippen molar-refractivity contribution in [3.8, 4) is 11.5 Å². The molecule has 10 nitrogen and oxygen atoms in total. The molecular formula is C23H28N4O6S. The van der Waals surface area contributed by atoms with Crippen LogP contribution in [-0.4, -0.2) is 58.2 Å². The molecule has 2 aromatic carbocycles. The number of amides is 3. The van der Waals surface area contributed by atoms with Crippen LogP contribution in [0, 0.1) is 12.8 Å². The van der Waals surface area contributed by atoms with Gasteiger partial charge in [0.05, 0.1) is 11.4 Å². The molecule has 2 aliphatic rings. The Morgan fingerprint density at radius 2 is 1.85 bits per heavy atom. The molecule has 182 valence electrons. The highest BCUT2D eigenvalue weighted by atomic mass is 32.2. The number of nitrogens with zero attached hydrogens (tertiary/aromatic N) is 1. The quantitative estimate of drug-likeness (QED) is 0.545. The average Bonchev–Trinajstić information content (AvgIpc) is 3.26. The van der Waals surface area contributed by atoms with Crippen LogP contribution in [0.25, 0.3) is 0 Å². The van der Waals surface area contributed by atoms with E-state index in [0.717, 1.165) is 18.4 Å². The Morgan fingerprint density at radius 1 is 1.09 bits per heavy atom. The maximum absolute atomic E-state index is 12.5. The Hall–Kier alpha value is -3.15. The number of urea groups is 1. The average molecular weight is 489 g/mol. The number of likely N-dealkylation sites (tertiary alicyclic amines) is 1. The SMILES string of the molecule is Cc1ccc(S(=O)(=O)NCC2CCCN(CC(=O)NC(=O)Nc3ccc4c(c3)OCO4)C2)cc1. The summed E-state index contributed by atoms with van der Waals surface area (Å²) in [7, 11) is -3.58. The van der Waals surface area contributed by atoms with Crippen LogP contribution in [0.1, 0.15) is 18.4 Å². The summed E-state index contributed by atoms with van der Waals surface area (Å²) >= 11 is 0. The molecule has 0 aromatic heterocycles. The fourth-order valence-electron chi connectivity index (χ4n) is 4.00. The van der Waals surface area contributed by atoms with Crippen LogP contribution in [-0.2, 0) is 14.8 Å². The molecule has 2 heterocycles. The molecule has 34 heavy (non-hydrogen) atoms. The van der Waals surface area contributed by atoms with E-state index in [1.807, 2.05) is 11.8 Å². The Labute approximate surface area is 198 Å². The van der Waals surface area contributed by atoms with E-state index in [4.69, 9.17) is 9.47 Å². The summed E-state index contributed by atoms with van der Waals surface area (Å²) in [6.45, 7) is 3.64. The van der Waals surface area contributed by atoms with E-state index in [9.17, 15) is 18.0 Å². The molecule has 0 radical (unpaired) electrons. The predicted molar refractivity (Wildman–Crippen MR) is 125 cm³/mol. The molecule has 0 aliphatic carbocycles. The summed E-state index contributed by atoms with van der Waals surface area (Å²) < 4.78 is 38.2. The molecule has 1 atom stereocenters. The maximum Gasteiger partial charge on any atom is 0.325 e. The summed E-state index contributed by atoms with van der Waals surface area (Å²) in [5.74, 6) is 0.771. The minimum absolute atomic E-state index is 0.0514. The van der Waals surface area contributed by atoms with Gasteiger partial charge in [-0.2, -0.15) is 0 Å². The van der Waals surface area contributed by atoms with Gasteiger partial charge in [-0.05, 0) is 56.5 Å². The van der Waals surface area contributed by atoms with Crippen LogP contribution < -0.4 is 24.8 Å². The van der Waals surface area contributed by atoms with Gasteiger partial charge in [-0.3, -0.25) is 15.0 Å². The van der Waals surface area contributed by atoms with Gasteiger partial charge in [0.25, 0.3) is 0 Å². The fourth-order valence-corrected chi connectivity index (χ4v) is 5.11. The number of hydrogen-bond acceptors (Lipinski definition) is 7. The van der Waals surface area contributed by atoms with Crippen molar-refractivity contribution in [2.24, 2.45) is 5.92 Å². The highest BCUT2D eigenvalue weighted by Crippen LogP contribution is 2.34. The first-order chi connectivity index (χ1) is 16.3. The Morgan fingerprint density at radius 3 is 2.65 bits per heavy atom. The number of anilines is 1.